The standard InChI is InChI=1S/C18H18N2O2/c1-18(22-2,15-6-4-3-5-7-15)17(21)20-16-10-8-14(9-11-16)12-13-19/h3-11H,12H2,1-2H3,(H,20,21). The Hall–Kier alpha value is -2.64. The van der Waals surface area contributed by atoms with E-state index in [1.165, 1.54) is 7.11 Å². The van der Waals surface area contributed by atoms with Crippen molar-refractivity contribution in [3.8, 4) is 6.07 Å². The maximum absolute atomic E-state index is 12.6. The molecule has 1 unspecified atom stereocenters. The monoisotopic (exact) mass is 294 g/mol. The number of nitriles is 1. The van der Waals surface area contributed by atoms with Gasteiger partial charge in [0, 0.05) is 12.8 Å². The molecule has 4 nitrogen and oxygen atoms in total. The van der Waals surface area contributed by atoms with Crippen LogP contribution in [-0.2, 0) is 21.6 Å². The van der Waals surface area contributed by atoms with E-state index in [1.54, 1.807) is 19.1 Å². The van der Waals surface area contributed by atoms with E-state index in [-0.39, 0.29) is 5.91 Å². The van der Waals surface area contributed by atoms with Crippen LogP contribution in [0.1, 0.15) is 18.1 Å². The normalized spacial score (nSPS) is 13.0. The van der Waals surface area contributed by atoms with Gasteiger partial charge in [-0.3, -0.25) is 4.79 Å². The van der Waals surface area contributed by atoms with Crippen molar-refractivity contribution in [2.75, 3.05) is 12.4 Å². The number of nitrogens with one attached hydrogen (secondary N) is 1. The second-order valence-electron chi connectivity index (χ2n) is 5.09. The molecule has 1 N–H and O–H groups in total. The molecule has 0 aromatic heterocycles. The fraction of sp³-hybridized carbons (Fsp3) is 0.222. The van der Waals surface area contributed by atoms with E-state index in [0.29, 0.717) is 12.1 Å². The molecule has 0 saturated carbocycles. The zero-order valence-corrected chi connectivity index (χ0v) is 12.7. The molecule has 0 aliphatic heterocycles. The van der Waals surface area contributed by atoms with Gasteiger partial charge in [-0.2, -0.15) is 5.26 Å². The molecule has 0 aliphatic rings. The van der Waals surface area contributed by atoms with Gasteiger partial charge in [0.25, 0.3) is 5.91 Å². The molecule has 2 aromatic carbocycles. The maximum Gasteiger partial charge on any atom is 0.260 e. The van der Waals surface area contributed by atoms with Gasteiger partial charge >= 0.3 is 0 Å². The van der Waals surface area contributed by atoms with Gasteiger partial charge in [0.2, 0.25) is 0 Å². The Morgan fingerprint density at radius 3 is 2.36 bits per heavy atom. The summed E-state index contributed by atoms with van der Waals surface area (Å²) in [6.07, 6.45) is 0.355. The zero-order chi connectivity index (χ0) is 16.0. The second-order valence-corrected chi connectivity index (χ2v) is 5.09. The van der Waals surface area contributed by atoms with Crippen molar-refractivity contribution in [3.63, 3.8) is 0 Å². The zero-order valence-electron chi connectivity index (χ0n) is 12.7. The number of hydrogen-bond donors (Lipinski definition) is 1. The van der Waals surface area contributed by atoms with Crippen LogP contribution in [0.4, 0.5) is 5.69 Å². The molecule has 1 amide bonds. The summed E-state index contributed by atoms with van der Waals surface area (Å²) in [6, 6.07) is 18.7. The van der Waals surface area contributed by atoms with Crippen LogP contribution in [0.25, 0.3) is 0 Å². The summed E-state index contributed by atoms with van der Waals surface area (Å²) in [4.78, 5) is 12.6. The average molecular weight is 294 g/mol. The van der Waals surface area contributed by atoms with Crippen molar-refractivity contribution >= 4 is 11.6 Å². The van der Waals surface area contributed by atoms with Crippen molar-refractivity contribution < 1.29 is 9.53 Å². The Morgan fingerprint density at radius 1 is 1.18 bits per heavy atom. The summed E-state index contributed by atoms with van der Waals surface area (Å²) in [6.45, 7) is 1.74. The topological polar surface area (TPSA) is 62.1 Å². The largest absolute Gasteiger partial charge is 0.364 e. The number of rotatable bonds is 5. The summed E-state index contributed by atoms with van der Waals surface area (Å²) in [5, 5.41) is 11.5. The van der Waals surface area contributed by atoms with Gasteiger partial charge in [-0.15, -0.1) is 0 Å². The quantitative estimate of drug-likeness (QED) is 0.920. The summed E-state index contributed by atoms with van der Waals surface area (Å²) >= 11 is 0. The highest BCUT2D eigenvalue weighted by atomic mass is 16.5. The predicted molar refractivity (Wildman–Crippen MR) is 85.2 cm³/mol. The highest BCUT2D eigenvalue weighted by Crippen LogP contribution is 2.26. The lowest BCUT2D eigenvalue weighted by atomic mass is 9.94. The lowest BCUT2D eigenvalue weighted by molar-refractivity contribution is -0.136. The minimum absolute atomic E-state index is 0.241. The second kappa shape index (κ2) is 6.88. The molecule has 0 fully saturated rings. The van der Waals surface area contributed by atoms with E-state index < -0.39 is 5.60 Å². The third-order valence-corrected chi connectivity index (χ3v) is 3.66. The number of carbonyl (C=O) groups excluding carboxylic acids is 1. The first-order valence-corrected chi connectivity index (χ1v) is 6.98. The molecule has 0 heterocycles. The first-order valence-electron chi connectivity index (χ1n) is 6.98. The molecule has 1 atom stereocenters. The highest BCUT2D eigenvalue weighted by Gasteiger charge is 2.35. The molecule has 0 saturated heterocycles. The van der Waals surface area contributed by atoms with E-state index in [1.807, 2.05) is 42.5 Å². The highest BCUT2D eigenvalue weighted by molar-refractivity contribution is 5.97. The van der Waals surface area contributed by atoms with E-state index in [0.717, 1.165) is 11.1 Å². The minimum Gasteiger partial charge on any atom is -0.364 e. The number of methoxy groups -OCH3 is 1. The van der Waals surface area contributed by atoms with E-state index in [4.69, 9.17) is 10.00 Å². The number of anilines is 1. The third-order valence-electron chi connectivity index (χ3n) is 3.66. The summed E-state index contributed by atoms with van der Waals surface area (Å²) in [5.74, 6) is -0.241. The van der Waals surface area contributed by atoms with E-state index in [2.05, 4.69) is 11.4 Å². The van der Waals surface area contributed by atoms with Crippen LogP contribution in [-0.4, -0.2) is 13.0 Å². The molecule has 2 rings (SSSR count). The Bertz CT molecular complexity index is 674. The molecule has 112 valence electrons. The number of ether oxygens (including phenoxy) is 1. The van der Waals surface area contributed by atoms with Crippen molar-refractivity contribution in [1.29, 1.82) is 5.26 Å². The third kappa shape index (κ3) is 3.33. The molecule has 22 heavy (non-hydrogen) atoms. The Balaban J connectivity index is 2.18. The SMILES string of the molecule is COC(C)(C(=O)Nc1ccc(CC#N)cc1)c1ccccc1. The average Bonchev–Trinajstić information content (AvgIpc) is 2.57. The molecule has 2 aromatic rings. The molecular formula is C18H18N2O2. The van der Waals surface area contributed by atoms with Crippen LogP contribution >= 0.6 is 0 Å². The van der Waals surface area contributed by atoms with E-state index >= 15 is 0 Å². The Labute approximate surface area is 130 Å². The predicted octanol–water partition coefficient (Wildman–Crippen LogP) is 3.25. The molecule has 4 heteroatoms. The van der Waals surface area contributed by atoms with Crippen LogP contribution in [0.5, 0.6) is 0 Å². The van der Waals surface area contributed by atoms with Crippen LogP contribution in [0.3, 0.4) is 0 Å². The van der Waals surface area contributed by atoms with Crippen molar-refractivity contribution in [2.24, 2.45) is 0 Å². The van der Waals surface area contributed by atoms with Gasteiger partial charge in [-0.1, -0.05) is 42.5 Å². The summed E-state index contributed by atoms with van der Waals surface area (Å²) < 4.78 is 5.47. The number of carbonyl (C=O) groups is 1. The smallest absolute Gasteiger partial charge is 0.260 e. The number of hydrogen-bond acceptors (Lipinski definition) is 3. The fourth-order valence-electron chi connectivity index (χ4n) is 2.15. The van der Waals surface area contributed by atoms with Gasteiger partial charge < -0.3 is 10.1 Å². The lowest BCUT2D eigenvalue weighted by Gasteiger charge is -2.27. The van der Waals surface area contributed by atoms with Gasteiger partial charge in [0.1, 0.15) is 0 Å². The molecule has 0 aliphatic carbocycles. The van der Waals surface area contributed by atoms with Gasteiger partial charge in [-0.25, -0.2) is 0 Å². The summed E-state index contributed by atoms with van der Waals surface area (Å²) in [7, 11) is 1.52. The Kier molecular flexibility index (Phi) is 4.92. The van der Waals surface area contributed by atoms with Crippen LogP contribution < -0.4 is 5.32 Å². The van der Waals surface area contributed by atoms with Crippen LogP contribution in [0.15, 0.2) is 54.6 Å². The number of nitrogens with zero attached hydrogens (tertiary/aromatic N) is 1. The molecular weight excluding hydrogens is 276 g/mol. The molecule has 0 spiro atoms. The maximum atomic E-state index is 12.6. The first-order chi connectivity index (χ1) is 10.6. The fourth-order valence-corrected chi connectivity index (χ4v) is 2.15. The molecule has 0 bridgehead atoms. The van der Waals surface area contributed by atoms with Crippen LogP contribution in [0, 0.1) is 11.3 Å². The first kappa shape index (κ1) is 15.7. The minimum atomic E-state index is -1.06. The van der Waals surface area contributed by atoms with E-state index in [9.17, 15) is 4.79 Å². The van der Waals surface area contributed by atoms with Gasteiger partial charge in [0.15, 0.2) is 5.60 Å². The summed E-state index contributed by atoms with van der Waals surface area (Å²) in [5.41, 5.74) is 1.31. The van der Waals surface area contributed by atoms with Crippen LogP contribution in [0.2, 0.25) is 0 Å². The molecule has 0 radical (unpaired) electrons. The van der Waals surface area contributed by atoms with Gasteiger partial charge in [-0.05, 0) is 30.2 Å². The number of benzene rings is 2. The van der Waals surface area contributed by atoms with Gasteiger partial charge in [0.05, 0.1) is 12.5 Å². The van der Waals surface area contributed by atoms with Crippen molar-refractivity contribution in [2.45, 2.75) is 18.9 Å². The number of amides is 1. The van der Waals surface area contributed by atoms with Crippen molar-refractivity contribution in [1.82, 2.24) is 0 Å². The van der Waals surface area contributed by atoms with Crippen molar-refractivity contribution in [3.05, 3.63) is 65.7 Å². The lowest BCUT2D eigenvalue weighted by Crippen LogP contribution is -2.39. The Morgan fingerprint density at radius 2 is 1.82 bits per heavy atom.